The SMILES string of the molecule is CCCN(CC(=O)N[C@@H](C)c1ccccc1)c1ccc(C#N)c(C(F)(F)F)c1. The van der Waals surface area contributed by atoms with Gasteiger partial charge in [0.15, 0.2) is 0 Å². The second kappa shape index (κ2) is 9.27. The maximum absolute atomic E-state index is 13.2. The number of rotatable bonds is 7. The summed E-state index contributed by atoms with van der Waals surface area (Å²) in [6, 6.07) is 14.3. The number of nitrogens with zero attached hydrogens (tertiary/aromatic N) is 2. The first kappa shape index (κ1) is 21.3. The van der Waals surface area contributed by atoms with Crippen LogP contribution < -0.4 is 10.2 Å². The summed E-state index contributed by atoms with van der Waals surface area (Å²) in [7, 11) is 0. The van der Waals surface area contributed by atoms with Gasteiger partial charge in [0.05, 0.1) is 29.8 Å². The predicted molar refractivity (Wildman–Crippen MR) is 102 cm³/mol. The van der Waals surface area contributed by atoms with Crippen molar-refractivity contribution < 1.29 is 18.0 Å². The van der Waals surface area contributed by atoms with Crippen molar-refractivity contribution in [2.24, 2.45) is 0 Å². The molecule has 2 rings (SSSR count). The second-order valence-corrected chi connectivity index (χ2v) is 6.46. The van der Waals surface area contributed by atoms with Gasteiger partial charge in [-0.1, -0.05) is 37.3 Å². The van der Waals surface area contributed by atoms with Crippen LogP contribution in [0.2, 0.25) is 0 Å². The fraction of sp³-hybridized carbons (Fsp3) is 0.333. The van der Waals surface area contributed by atoms with E-state index >= 15 is 0 Å². The minimum absolute atomic E-state index is 0.0752. The van der Waals surface area contributed by atoms with E-state index in [4.69, 9.17) is 5.26 Å². The predicted octanol–water partition coefficient (Wildman–Crippen LogP) is 4.67. The van der Waals surface area contributed by atoms with E-state index in [1.54, 1.807) is 11.0 Å². The Hall–Kier alpha value is -3.01. The highest BCUT2D eigenvalue weighted by Crippen LogP contribution is 2.34. The number of benzene rings is 2. The third-order valence-electron chi connectivity index (χ3n) is 4.30. The van der Waals surface area contributed by atoms with E-state index in [0.29, 0.717) is 13.0 Å². The lowest BCUT2D eigenvalue weighted by Crippen LogP contribution is -2.39. The average Bonchev–Trinajstić information content (AvgIpc) is 2.67. The summed E-state index contributed by atoms with van der Waals surface area (Å²) in [6.07, 6.45) is -3.98. The van der Waals surface area contributed by atoms with Gasteiger partial charge in [-0.3, -0.25) is 4.79 Å². The summed E-state index contributed by atoms with van der Waals surface area (Å²) in [5.74, 6) is -0.289. The number of alkyl halides is 3. The van der Waals surface area contributed by atoms with Crippen molar-refractivity contribution in [3.8, 4) is 6.07 Å². The Labute approximate surface area is 162 Å². The molecule has 0 saturated carbocycles. The van der Waals surface area contributed by atoms with Crippen molar-refractivity contribution in [1.29, 1.82) is 5.26 Å². The van der Waals surface area contributed by atoms with Crippen LogP contribution in [-0.2, 0) is 11.0 Å². The number of nitriles is 1. The number of halogens is 3. The molecule has 2 aromatic carbocycles. The first-order chi connectivity index (χ1) is 13.3. The normalized spacial score (nSPS) is 12.1. The van der Waals surface area contributed by atoms with Crippen LogP contribution >= 0.6 is 0 Å². The Morgan fingerprint density at radius 1 is 1.21 bits per heavy atom. The number of hydrogen-bond donors (Lipinski definition) is 1. The van der Waals surface area contributed by atoms with Crippen LogP contribution in [0.1, 0.15) is 43.0 Å². The van der Waals surface area contributed by atoms with Gasteiger partial charge in [0.1, 0.15) is 0 Å². The van der Waals surface area contributed by atoms with Crippen LogP contribution in [-0.4, -0.2) is 19.0 Å². The van der Waals surface area contributed by atoms with Gasteiger partial charge in [-0.2, -0.15) is 18.4 Å². The highest BCUT2D eigenvalue weighted by molar-refractivity contribution is 5.82. The van der Waals surface area contributed by atoms with Gasteiger partial charge in [-0.15, -0.1) is 0 Å². The van der Waals surface area contributed by atoms with Crippen molar-refractivity contribution in [3.63, 3.8) is 0 Å². The summed E-state index contributed by atoms with van der Waals surface area (Å²) < 4.78 is 39.7. The third kappa shape index (κ3) is 5.49. The molecule has 0 aromatic heterocycles. The summed E-state index contributed by atoms with van der Waals surface area (Å²) in [6.45, 7) is 4.07. The quantitative estimate of drug-likeness (QED) is 0.749. The molecule has 0 saturated heterocycles. The van der Waals surface area contributed by atoms with Gasteiger partial charge >= 0.3 is 6.18 Å². The number of nitrogens with one attached hydrogen (secondary N) is 1. The zero-order valence-corrected chi connectivity index (χ0v) is 15.8. The van der Waals surface area contributed by atoms with Crippen molar-refractivity contribution >= 4 is 11.6 Å². The lowest BCUT2D eigenvalue weighted by Gasteiger charge is -2.26. The molecule has 0 aliphatic rings. The van der Waals surface area contributed by atoms with Crippen LogP contribution in [0.3, 0.4) is 0 Å². The molecule has 0 aliphatic carbocycles. The lowest BCUT2D eigenvalue weighted by molar-refractivity contribution is -0.137. The Bertz CT molecular complexity index is 844. The number of carbonyl (C=O) groups excluding carboxylic acids is 1. The first-order valence-corrected chi connectivity index (χ1v) is 8.96. The summed E-state index contributed by atoms with van der Waals surface area (Å²) in [5.41, 5.74) is -0.229. The average molecular weight is 389 g/mol. The van der Waals surface area contributed by atoms with Gasteiger partial charge in [0.25, 0.3) is 0 Å². The van der Waals surface area contributed by atoms with E-state index in [9.17, 15) is 18.0 Å². The first-order valence-electron chi connectivity index (χ1n) is 8.96. The maximum Gasteiger partial charge on any atom is 0.417 e. The summed E-state index contributed by atoms with van der Waals surface area (Å²) >= 11 is 0. The number of anilines is 1. The maximum atomic E-state index is 13.2. The largest absolute Gasteiger partial charge is 0.417 e. The van der Waals surface area contributed by atoms with Crippen molar-refractivity contribution in [1.82, 2.24) is 5.32 Å². The molecular formula is C21H22F3N3O. The van der Waals surface area contributed by atoms with Crippen LogP contribution in [0, 0.1) is 11.3 Å². The van der Waals surface area contributed by atoms with Gasteiger partial charge in [0, 0.05) is 12.2 Å². The molecule has 0 aliphatic heterocycles. The molecule has 0 radical (unpaired) electrons. The number of hydrogen-bond acceptors (Lipinski definition) is 3. The van der Waals surface area contributed by atoms with Gasteiger partial charge in [-0.05, 0) is 37.1 Å². The van der Waals surface area contributed by atoms with Crippen LogP contribution in [0.25, 0.3) is 0 Å². The van der Waals surface area contributed by atoms with E-state index in [1.807, 2.05) is 44.2 Å². The van der Waals surface area contributed by atoms with E-state index < -0.39 is 17.3 Å². The topological polar surface area (TPSA) is 56.1 Å². The molecule has 7 heteroatoms. The number of carbonyl (C=O) groups is 1. The Kier molecular flexibility index (Phi) is 7.05. The van der Waals surface area contributed by atoms with Crippen LogP contribution in [0.4, 0.5) is 18.9 Å². The zero-order chi connectivity index (χ0) is 20.7. The highest BCUT2D eigenvalue weighted by atomic mass is 19.4. The molecule has 1 atom stereocenters. The minimum Gasteiger partial charge on any atom is -0.362 e. The van der Waals surface area contributed by atoms with Crippen LogP contribution in [0.5, 0.6) is 0 Å². The van der Waals surface area contributed by atoms with E-state index in [0.717, 1.165) is 17.7 Å². The van der Waals surface area contributed by atoms with Crippen molar-refractivity contribution in [2.75, 3.05) is 18.0 Å². The molecule has 1 amide bonds. The van der Waals surface area contributed by atoms with Crippen molar-refractivity contribution in [3.05, 3.63) is 65.2 Å². The van der Waals surface area contributed by atoms with E-state index in [1.165, 1.54) is 6.07 Å². The second-order valence-electron chi connectivity index (χ2n) is 6.46. The molecule has 0 bridgehead atoms. The smallest absolute Gasteiger partial charge is 0.362 e. The van der Waals surface area contributed by atoms with Crippen LogP contribution in [0.15, 0.2) is 48.5 Å². The fourth-order valence-electron chi connectivity index (χ4n) is 2.92. The molecule has 148 valence electrons. The monoisotopic (exact) mass is 389 g/mol. The molecule has 2 aromatic rings. The van der Waals surface area contributed by atoms with Crippen molar-refractivity contribution in [2.45, 2.75) is 32.5 Å². The summed E-state index contributed by atoms with van der Waals surface area (Å²) in [5, 5.41) is 11.8. The zero-order valence-electron chi connectivity index (χ0n) is 15.8. The molecule has 1 N–H and O–H groups in total. The Morgan fingerprint density at radius 3 is 2.46 bits per heavy atom. The van der Waals surface area contributed by atoms with Gasteiger partial charge < -0.3 is 10.2 Å². The standard InChI is InChI=1S/C21H22F3N3O/c1-3-11-27(14-20(28)26-15(2)16-7-5-4-6-8-16)18-10-9-17(13-25)19(12-18)21(22,23)24/h4-10,12,15H,3,11,14H2,1-2H3,(H,26,28)/t15-/m0/s1. The molecule has 0 fully saturated rings. The molecule has 4 nitrogen and oxygen atoms in total. The third-order valence-corrected chi connectivity index (χ3v) is 4.30. The molecule has 28 heavy (non-hydrogen) atoms. The van der Waals surface area contributed by atoms with E-state index in [2.05, 4.69) is 5.32 Å². The molecular weight excluding hydrogens is 367 g/mol. The minimum atomic E-state index is -4.64. The van der Waals surface area contributed by atoms with Gasteiger partial charge in [-0.25, -0.2) is 0 Å². The van der Waals surface area contributed by atoms with E-state index in [-0.39, 0.29) is 24.2 Å². The van der Waals surface area contributed by atoms with Gasteiger partial charge in [0.2, 0.25) is 5.91 Å². The summed E-state index contributed by atoms with van der Waals surface area (Å²) in [4.78, 5) is 14.0. The number of amides is 1. The highest BCUT2D eigenvalue weighted by Gasteiger charge is 2.34. The molecule has 0 spiro atoms. The Morgan fingerprint density at radius 2 is 1.89 bits per heavy atom. The Balaban J connectivity index is 2.19. The fourth-order valence-corrected chi connectivity index (χ4v) is 2.92. The molecule has 0 heterocycles. The lowest BCUT2D eigenvalue weighted by atomic mass is 10.1. The molecule has 0 unspecified atom stereocenters.